The van der Waals surface area contributed by atoms with Crippen molar-refractivity contribution in [2.24, 2.45) is 5.73 Å². The highest BCUT2D eigenvalue weighted by Crippen LogP contribution is 2.18. The molecule has 2 amide bonds. The smallest absolute Gasteiger partial charge is 0.243 e. The SMILES string of the molecule is CC(C)NC(=O)[C@@H]1C[C@@H](N)CN1C(=O)CCn1cncn1. The zero-order valence-electron chi connectivity index (χ0n) is 12.4. The summed E-state index contributed by atoms with van der Waals surface area (Å²) in [5.41, 5.74) is 5.91. The lowest BCUT2D eigenvalue weighted by Gasteiger charge is -2.24. The van der Waals surface area contributed by atoms with Crippen LogP contribution in [0.1, 0.15) is 26.7 Å². The lowest BCUT2D eigenvalue weighted by Crippen LogP contribution is -2.47. The predicted octanol–water partition coefficient (Wildman–Crippen LogP) is -0.879. The van der Waals surface area contributed by atoms with Gasteiger partial charge in [0, 0.05) is 25.0 Å². The van der Waals surface area contributed by atoms with Gasteiger partial charge in [0.1, 0.15) is 18.7 Å². The van der Waals surface area contributed by atoms with Gasteiger partial charge in [-0.1, -0.05) is 0 Å². The van der Waals surface area contributed by atoms with E-state index in [4.69, 9.17) is 5.73 Å². The summed E-state index contributed by atoms with van der Waals surface area (Å²) >= 11 is 0. The molecular weight excluding hydrogens is 272 g/mol. The van der Waals surface area contributed by atoms with Gasteiger partial charge in [-0.15, -0.1) is 0 Å². The number of amides is 2. The Kier molecular flexibility index (Phi) is 4.89. The topological polar surface area (TPSA) is 106 Å². The third-order valence-corrected chi connectivity index (χ3v) is 3.41. The number of hydrogen-bond donors (Lipinski definition) is 2. The van der Waals surface area contributed by atoms with Crippen LogP contribution in [0.25, 0.3) is 0 Å². The third kappa shape index (κ3) is 4.01. The number of nitrogens with two attached hydrogens (primary N) is 1. The minimum Gasteiger partial charge on any atom is -0.352 e. The highest BCUT2D eigenvalue weighted by Gasteiger charge is 2.37. The van der Waals surface area contributed by atoms with Gasteiger partial charge < -0.3 is 16.0 Å². The molecule has 1 fully saturated rings. The zero-order valence-corrected chi connectivity index (χ0v) is 12.4. The van der Waals surface area contributed by atoms with Crippen molar-refractivity contribution in [2.45, 2.75) is 51.4 Å². The monoisotopic (exact) mass is 294 g/mol. The maximum atomic E-state index is 12.3. The standard InChI is InChI=1S/C13H22N6O2/c1-9(2)17-13(21)11-5-10(14)6-19(11)12(20)3-4-18-8-15-7-16-18/h7-11H,3-6,14H2,1-2H3,(H,17,21)/t10-,11+/m1/s1. The molecule has 21 heavy (non-hydrogen) atoms. The van der Waals surface area contributed by atoms with Crippen molar-refractivity contribution in [1.82, 2.24) is 25.0 Å². The summed E-state index contributed by atoms with van der Waals surface area (Å²) in [6, 6.07) is -0.574. The van der Waals surface area contributed by atoms with Crippen LogP contribution < -0.4 is 11.1 Å². The Bertz CT molecular complexity index is 487. The van der Waals surface area contributed by atoms with Crippen LogP contribution in [0.3, 0.4) is 0 Å². The molecule has 1 saturated heterocycles. The molecule has 3 N–H and O–H groups in total. The second-order valence-corrected chi connectivity index (χ2v) is 5.63. The molecule has 0 spiro atoms. The van der Waals surface area contributed by atoms with Crippen LogP contribution in [0.15, 0.2) is 12.7 Å². The van der Waals surface area contributed by atoms with Crippen molar-refractivity contribution in [3.05, 3.63) is 12.7 Å². The van der Waals surface area contributed by atoms with Crippen LogP contribution >= 0.6 is 0 Å². The Labute approximate surface area is 123 Å². The van der Waals surface area contributed by atoms with Crippen molar-refractivity contribution in [3.8, 4) is 0 Å². The minimum atomic E-state index is -0.467. The summed E-state index contributed by atoms with van der Waals surface area (Å²) in [6.45, 7) is 4.66. The maximum Gasteiger partial charge on any atom is 0.243 e. The minimum absolute atomic E-state index is 0.0430. The molecule has 116 valence electrons. The quantitative estimate of drug-likeness (QED) is 0.733. The first-order chi connectivity index (χ1) is 9.97. The molecule has 2 heterocycles. The van der Waals surface area contributed by atoms with Gasteiger partial charge in [0.25, 0.3) is 0 Å². The lowest BCUT2D eigenvalue weighted by atomic mass is 10.1. The number of likely N-dealkylation sites (tertiary alicyclic amines) is 1. The van der Waals surface area contributed by atoms with Gasteiger partial charge >= 0.3 is 0 Å². The van der Waals surface area contributed by atoms with Crippen molar-refractivity contribution in [1.29, 1.82) is 0 Å². The van der Waals surface area contributed by atoms with Crippen LogP contribution in [0.5, 0.6) is 0 Å². The fourth-order valence-corrected chi connectivity index (χ4v) is 2.48. The number of hydrogen-bond acceptors (Lipinski definition) is 5. The molecule has 1 aromatic rings. The second kappa shape index (κ2) is 6.66. The zero-order chi connectivity index (χ0) is 15.4. The van der Waals surface area contributed by atoms with Crippen LogP contribution in [-0.2, 0) is 16.1 Å². The van der Waals surface area contributed by atoms with E-state index in [-0.39, 0.29) is 30.3 Å². The first-order valence-electron chi connectivity index (χ1n) is 7.15. The van der Waals surface area contributed by atoms with Crippen LogP contribution in [0, 0.1) is 0 Å². The number of aryl methyl sites for hydroxylation is 1. The van der Waals surface area contributed by atoms with Crippen LogP contribution in [0.2, 0.25) is 0 Å². The highest BCUT2D eigenvalue weighted by atomic mass is 16.2. The number of carbonyl (C=O) groups excluding carboxylic acids is 2. The highest BCUT2D eigenvalue weighted by molar-refractivity contribution is 5.88. The lowest BCUT2D eigenvalue weighted by molar-refractivity contribution is -0.138. The Hall–Kier alpha value is -1.96. The van der Waals surface area contributed by atoms with Gasteiger partial charge in [-0.25, -0.2) is 4.98 Å². The van der Waals surface area contributed by atoms with E-state index in [1.807, 2.05) is 13.8 Å². The predicted molar refractivity (Wildman–Crippen MR) is 76.0 cm³/mol. The Morgan fingerprint density at radius 2 is 2.24 bits per heavy atom. The van der Waals surface area contributed by atoms with Crippen LogP contribution in [-0.4, -0.2) is 56.1 Å². The van der Waals surface area contributed by atoms with Gasteiger partial charge in [0.15, 0.2) is 0 Å². The van der Waals surface area contributed by atoms with E-state index in [1.54, 1.807) is 15.9 Å². The largest absolute Gasteiger partial charge is 0.352 e. The molecule has 8 nitrogen and oxygen atoms in total. The average Bonchev–Trinajstić information content (AvgIpc) is 3.04. The molecule has 0 bridgehead atoms. The number of rotatable bonds is 5. The molecule has 0 saturated carbocycles. The summed E-state index contributed by atoms with van der Waals surface area (Å²) < 4.78 is 1.59. The first kappa shape index (κ1) is 15.4. The summed E-state index contributed by atoms with van der Waals surface area (Å²) in [4.78, 5) is 29.9. The molecular formula is C13H22N6O2. The molecule has 1 aliphatic heterocycles. The summed E-state index contributed by atoms with van der Waals surface area (Å²) in [7, 11) is 0. The van der Waals surface area contributed by atoms with Gasteiger partial charge in [-0.3, -0.25) is 14.3 Å². The average molecular weight is 294 g/mol. The molecule has 0 aromatic carbocycles. The fourth-order valence-electron chi connectivity index (χ4n) is 2.48. The van der Waals surface area contributed by atoms with Gasteiger partial charge in [-0.2, -0.15) is 5.10 Å². The van der Waals surface area contributed by atoms with E-state index in [1.165, 1.54) is 6.33 Å². The first-order valence-corrected chi connectivity index (χ1v) is 7.15. The summed E-state index contributed by atoms with van der Waals surface area (Å²) in [6.07, 6.45) is 3.77. The molecule has 8 heteroatoms. The van der Waals surface area contributed by atoms with Gasteiger partial charge in [-0.05, 0) is 20.3 Å². The van der Waals surface area contributed by atoms with Gasteiger partial charge in [0.05, 0.1) is 6.54 Å². The van der Waals surface area contributed by atoms with Crippen LogP contribution in [0.4, 0.5) is 0 Å². The van der Waals surface area contributed by atoms with E-state index >= 15 is 0 Å². The normalized spacial score (nSPS) is 21.8. The molecule has 1 aliphatic rings. The maximum absolute atomic E-state index is 12.3. The molecule has 0 aliphatic carbocycles. The molecule has 0 unspecified atom stereocenters. The van der Waals surface area contributed by atoms with E-state index in [2.05, 4.69) is 15.4 Å². The van der Waals surface area contributed by atoms with E-state index in [9.17, 15) is 9.59 Å². The molecule has 2 rings (SSSR count). The second-order valence-electron chi connectivity index (χ2n) is 5.63. The van der Waals surface area contributed by atoms with E-state index < -0.39 is 6.04 Å². The fraction of sp³-hybridized carbons (Fsp3) is 0.692. The summed E-state index contributed by atoms with van der Waals surface area (Å²) in [5, 5.41) is 6.80. The molecule has 1 aromatic heterocycles. The van der Waals surface area contributed by atoms with Crippen molar-refractivity contribution in [3.63, 3.8) is 0 Å². The number of carbonyl (C=O) groups is 2. The Balaban J connectivity index is 1.95. The molecule has 0 radical (unpaired) electrons. The number of aromatic nitrogens is 3. The van der Waals surface area contributed by atoms with E-state index in [0.717, 1.165) is 0 Å². The number of nitrogens with one attached hydrogen (secondary N) is 1. The number of nitrogens with zero attached hydrogens (tertiary/aromatic N) is 4. The van der Waals surface area contributed by atoms with Crippen molar-refractivity contribution < 1.29 is 9.59 Å². The molecule has 2 atom stereocenters. The van der Waals surface area contributed by atoms with Crippen molar-refractivity contribution in [2.75, 3.05) is 6.54 Å². The Morgan fingerprint density at radius 3 is 2.86 bits per heavy atom. The van der Waals surface area contributed by atoms with E-state index in [0.29, 0.717) is 19.5 Å². The summed E-state index contributed by atoms with van der Waals surface area (Å²) in [5.74, 6) is -0.214. The third-order valence-electron chi connectivity index (χ3n) is 3.41. The Morgan fingerprint density at radius 1 is 1.48 bits per heavy atom. The van der Waals surface area contributed by atoms with Gasteiger partial charge in [0.2, 0.25) is 11.8 Å². The van der Waals surface area contributed by atoms with Crippen molar-refractivity contribution >= 4 is 11.8 Å².